The van der Waals surface area contributed by atoms with Gasteiger partial charge in [0, 0.05) is 6.54 Å². The van der Waals surface area contributed by atoms with E-state index in [9.17, 15) is 14.4 Å². The molecule has 0 spiro atoms. The van der Waals surface area contributed by atoms with Crippen molar-refractivity contribution in [1.82, 2.24) is 10.2 Å². The number of rotatable bonds is 6. The Morgan fingerprint density at radius 1 is 1.11 bits per heavy atom. The van der Waals surface area contributed by atoms with Crippen LogP contribution in [0.5, 0.6) is 5.75 Å². The molecule has 144 valence electrons. The molecule has 0 saturated heterocycles. The standard InChI is InChI=1S/C22H22N2O4/c1-28-19-10-9-15(11-18(19)20(25)23-12-14-5-4-6-14)13-24-21(26)16-7-2-3-8-17(16)22(24)27/h2-3,7-11,14H,4-6,12-13H2,1H3,(H,23,25). The zero-order valence-electron chi connectivity index (χ0n) is 15.7. The van der Waals surface area contributed by atoms with E-state index in [1.165, 1.54) is 18.4 Å². The molecule has 1 aliphatic carbocycles. The first-order valence-corrected chi connectivity index (χ1v) is 9.49. The summed E-state index contributed by atoms with van der Waals surface area (Å²) in [6.45, 7) is 0.768. The van der Waals surface area contributed by atoms with Crippen LogP contribution in [-0.2, 0) is 6.54 Å². The molecule has 0 unspecified atom stereocenters. The molecule has 3 amide bonds. The minimum atomic E-state index is -0.313. The van der Waals surface area contributed by atoms with E-state index in [-0.39, 0.29) is 24.3 Å². The molecule has 1 saturated carbocycles. The fourth-order valence-corrected chi connectivity index (χ4v) is 3.63. The molecule has 1 heterocycles. The van der Waals surface area contributed by atoms with Crippen LogP contribution >= 0.6 is 0 Å². The van der Waals surface area contributed by atoms with Gasteiger partial charge in [-0.2, -0.15) is 0 Å². The monoisotopic (exact) mass is 378 g/mol. The lowest BCUT2D eigenvalue weighted by Gasteiger charge is -2.25. The van der Waals surface area contributed by atoms with E-state index in [4.69, 9.17) is 4.74 Å². The Hall–Kier alpha value is -3.15. The van der Waals surface area contributed by atoms with Gasteiger partial charge in [0.2, 0.25) is 0 Å². The predicted molar refractivity (Wildman–Crippen MR) is 103 cm³/mol. The van der Waals surface area contributed by atoms with Crippen LogP contribution in [-0.4, -0.2) is 36.3 Å². The molecule has 0 atom stereocenters. The lowest BCUT2D eigenvalue weighted by Crippen LogP contribution is -2.32. The number of ether oxygens (including phenoxy) is 1. The number of benzene rings is 2. The minimum Gasteiger partial charge on any atom is -0.496 e. The predicted octanol–water partition coefficient (Wildman–Crippen LogP) is 3.02. The summed E-state index contributed by atoms with van der Waals surface area (Å²) in [5.74, 6) is 0.196. The Balaban J connectivity index is 1.53. The van der Waals surface area contributed by atoms with E-state index in [2.05, 4.69) is 5.32 Å². The zero-order chi connectivity index (χ0) is 19.7. The summed E-state index contributed by atoms with van der Waals surface area (Å²) in [7, 11) is 1.52. The fourth-order valence-electron chi connectivity index (χ4n) is 3.63. The Labute approximate surface area is 163 Å². The molecule has 0 aromatic heterocycles. The number of carbonyl (C=O) groups excluding carboxylic acids is 3. The summed E-state index contributed by atoms with van der Waals surface area (Å²) < 4.78 is 5.32. The molecule has 0 bridgehead atoms. The van der Waals surface area contributed by atoms with Gasteiger partial charge in [-0.15, -0.1) is 0 Å². The highest BCUT2D eigenvalue weighted by atomic mass is 16.5. The van der Waals surface area contributed by atoms with Crippen LogP contribution in [0.4, 0.5) is 0 Å². The van der Waals surface area contributed by atoms with Crippen LogP contribution in [0, 0.1) is 5.92 Å². The van der Waals surface area contributed by atoms with Crippen molar-refractivity contribution >= 4 is 17.7 Å². The van der Waals surface area contributed by atoms with Crippen molar-refractivity contribution in [2.24, 2.45) is 5.92 Å². The van der Waals surface area contributed by atoms with Crippen molar-refractivity contribution in [2.45, 2.75) is 25.8 Å². The van der Waals surface area contributed by atoms with Crippen molar-refractivity contribution < 1.29 is 19.1 Å². The van der Waals surface area contributed by atoms with Crippen molar-refractivity contribution in [3.05, 3.63) is 64.7 Å². The molecule has 6 heteroatoms. The van der Waals surface area contributed by atoms with Gasteiger partial charge >= 0.3 is 0 Å². The zero-order valence-corrected chi connectivity index (χ0v) is 15.7. The quantitative estimate of drug-likeness (QED) is 0.784. The van der Waals surface area contributed by atoms with E-state index in [1.807, 2.05) is 0 Å². The first-order chi connectivity index (χ1) is 13.6. The van der Waals surface area contributed by atoms with Gasteiger partial charge in [0.1, 0.15) is 5.75 Å². The van der Waals surface area contributed by atoms with E-state index in [1.54, 1.807) is 42.5 Å². The largest absolute Gasteiger partial charge is 0.496 e. The number of amides is 3. The van der Waals surface area contributed by atoms with Crippen LogP contribution in [0.3, 0.4) is 0 Å². The number of imide groups is 1. The van der Waals surface area contributed by atoms with Crippen LogP contribution in [0.1, 0.15) is 55.9 Å². The third-order valence-corrected chi connectivity index (χ3v) is 5.50. The average molecular weight is 378 g/mol. The van der Waals surface area contributed by atoms with Gasteiger partial charge in [-0.3, -0.25) is 19.3 Å². The SMILES string of the molecule is COc1ccc(CN2C(=O)c3ccccc3C2=O)cc1C(=O)NCC1CCC1. The van der Waals surface area contributed by atoms with Crippen molar-refractivity contribution in [2.75, 3.05) is 13.7 Å². The van der Waals surface area contributed by atoms with Gasteiger partial charge in [0.25, 0.3) is 17.7 Å². The molecule has 2 aromatic carbocycles. The van der Waals surface area contributed by atoms with E-state index >= 15 is 0 Å². The number of nitrogens with one attached hydrogen (secondary N) is 1. The van der Waals surface area contributed by atoms with Gasteiger partial charge in [-0.25, -0.2) is 0 Å². The van der Waals surface area contributed by atoms with E-state index in [0.717, 1.165) is 12.8 Å². The second-order valence-electron chi connectivity index (χ2n) is 7.28. The maximum Gasteiger partial charge on any atom is 0.261 e. The molecule has 2 aromatic rings. The van der Waals surface area contributed by atoms with Crippen LogP contribution < -0.4 is 10.1 Å². The number of methoxy groups -OCH3 is 1. The highest BCUT2D eigenvalue weighted by Gasteiger charge is 2.35. The second kappa shape index (κ2) is 7.46. The van der Waals surface area contributed by atoms with Crippen LogP contribution in [0.15, 0.2) is 42.5 Å². The molecule has 0 radical (unpaired) electrons. The normalized spacial score (nSPS) is 16.0. The number of nitrogens with zero attached hydrogens (tertiary/aromatic N) is 1. The Kier molecular flexibility index (Phi) is 4.86. The van der Waals surface area contributed by atoms with E-state index < -0.39 is 0 Å². The van der Waals surface area contributed by atoms with Gasteiger partial charge < -0.3 is 10.1 Å². The Bertz CT molecular complexity index is 914. The topological polar surface area (TPSA) is 75.7 Å². The third-order valence-electron chi connectivity index (χ3n) is 5.50. The molecule has 4 rings (SSSR count). The molecule has 28 heavy (non-hydrogen) atoms. The van der Waals surface area contributed by atoms with Gasteiger partial charge in [-0.05, 0) is 48.6 Å². The molecular formula is C22H22N2O4. The Morgan fingerprint density at radius 2 is 1.79 bits per heavy atom. The number of hydrogen-bond acceptors (Lipinski definition) is 4. The summed E-state index contributed by atoms with van der Waals surface area (Å²) in [6, 6.07) is 12.0. The van der Waals surface area contributed by atoms with Crippen molar-refractivity contribution in [1.29, 1.82) is 0 Å². The minimum absolute atomic E-state index is 0.110. The molecule has 1 N–H and O–H groups in total. The van der Waals surface area contributed by atoms with E-state index in [0.29, 0.717) is 40.5 Å². The number of carbonyl (C=O) groups is 3. The lowest BCUT2D eigenvalue weighted by atomic mass is 9.85. The first-order valence-electron chi connectivity index (χ1n) is 9.49. The maximum atomic E-state index is 12.6. The second-order valence-corrected chi connectivity index (χ2v) is 7.28. The molecule has 1 fully saturated rings. The van der Waals surface area contributed by atoms with Gasteiger partial charge in [0.15, 0.2) is 0 Å². The van der Waals surface area contributed by atoms with Crippen LogP contribution in [0.2, 0.25) is 0 Å². The highest BCUT2D eigenvalue weighted by molar-refractivity contribution is 6.21. The molecule has 2 aliphatic rings. The van der Waals surface area contributed by atoms with Crippen molar-refractivity contribution in [3.63, 3.8) is 0 Å². The number of hydrogen-bond donors (Lipinski definition) is 1. The molecule has 1 aliphatic heterocycles. The summed E-state index contributed by atoms with van der Waals surface area (Å²) in [4.78, 5) is 39.0. The van der Waals surface area contributed by atoms with Crippen LogP contribution in [0.25, 0.3) is 0 Å². The average Bonchev–Trinajstić information content (AvgIpc) is 2.92. The lowest BCUT2D eigenvalue weighted by molar-refractivity contribution is 0.0642. The molecular weight excluding hydrogens is 356 g/mol. The summed E-state index contributed by atoms with van der Waals surface area (Å²) in [5, 5.41) is 2.96. The smallest absolute Gasteiger partial charge is 0.261 e. The van der Waals surface area contributed by atoms with Gasteiger partial charge in [-0.1, -0.05) is 24.6 Å². The first kappa shape index (κ1) is 18.2. The Morgan fingerprint density at radius 3 is 2.36 bits per heavy atom. The number of fused-ring (bicyclic) bond motifs is 1. The third kappa shape index (κ3) is 3.26. The summed E-state index contributed by atoms with van der Waals surface area (Å²) >= 11 is 0. The summed E-state index contributed by atoms with van der Waals surface area (Å²) in [6.07, 6.45) is 3.52. The highest BCUT2D eigenvalue weighted by Crippen LogP contribution is 2.27. The molecule has 6 nitrogen and oxygen atoms in total. The van der Waals surface area contributed by atoms with Crippen molar-refractivity contribution in [3.8, 4) is 5.75 Å². The summed E-state index contributed by atoms with van der Waals surface area (Å²) in [5.41, 5.74) is 1.94. The maximum absolute atomic E-state index is 12.6. The van der Waals surface area contributed by atoms with Gasteiger partial charge in [0.05, 0.1) is 30.3 Å². The fraction of sp³-hybridized carbons (Fsp3) is 0.318.